The zero-order valence-corrected chi connectivity index (χ0v) is 17.1. The molecule has 0 saturated carbocycles. The second-order valence-corrected chi connectivity index (χ2v) is 7.27. The van der Waals surface area contributed by atoms with Crippen molar-refractivity contribution in [3.8, 4) is 17.2 Å². The molecule has 0 saturated heterocycles. The highest BCUT2D eigenvalue weighted by molar-refractivity contribution is 5.35. The van der Waals surface area contributed by atoms with Crippen LogP contribution in [0.5, 0.6) is 17.2 Å². The molecular formula is C24H20F6O3. The first-order valence-electron chi connectivity index (χ1n) is 9.90. The van der Waals surface area contributed by atoms with E-state index in [1.54, 1.807) is 48.5 Å². The fourth-order valence-corrected chi connectivity index (χ4v) is 3.27. The van der Waals surface area contributed by atoms with Gasteiger partial charge in [-0.15, -0.1) is 13.2 Å². The number of benzene rings is 3. The number of rotatable bonds is 9. The Bertz CT molecular complexity index is 1020. The zero-order chi connectivity index (χ0) is 24.1. The predicted molar refractivity (Wildman–Crippen MR) is 109 cm³/mol. The summed E-state index contributed by atoms with van der Waals surface area (Å²) in [5.41, 5.74) is -3.16. The molecule has 3 aromatic carbocycles. The van der Waals surface area contributed by atoms with E-state index < -0.39 is 42.3 Å². The van der Waals surface area contributed by atoms with Crippen LogP contribution >= 0.6 is 0 Å². The first-order valence-corrected chi connectivity index (χ1v) is 9.90. The molecule has 3 rings (SSSR count). The van der Waals surface area contributed by atoms with E-state index in [9.17, 15) is 31.4 Å². The number of para-hydroxylation sites is 1. The molecule has 0 aliphatic rings. The van der Waals surface area contributed by atoms with Gasteiger partial charge in [-0.3, -0.25) is 0 Å². The van der Waals surface area contributed by atoms with Crippen molar-refractivity contribution in [3.05, 3.63) is 90.0 Å². The largest absolute Gasteiger partial charge is 0.573 e. The average Bonchev–Trinajstić information content (AvgIpc) is 2.77. The topological polar surface area (TPSA) is 38.7 Å². The van der Waals surface area contributed by atoms with Gasteiger partial charge >= 0.3 is 6.36 Å². The maximum Gasteiger partial charge on any atom is 0.573 e. The Hall–Kier alpha value is -3.20. The maximum atomic E-state index is 14.9. The van der Waals surface area contributed by atoms with E-state index in [-0.39, 0.29) is 6.42 Å². The molecule has 0 aliphatic carbocycles. The molecule has 0 spiro atoms. The minimum atomic E-state index is -4.97. The third-order valence-electron chi connectivity index (χ3n) is 4.92. The van der Waals surface area contributed by atoms with Crippen molar-refractivity contribution in [2.45, 2.75) is 37.4 Å². The standard InChI is InChI=1S/C24H20F6O3/c25-21(14-9-16-5-4-8-20(15-16)32-18-6-2-1-3-7-18)23(31,22(26)27)17-10-12-19(13-11-17)33-24(28,29)30/h1-8,10-13,15,21-22,31H,9,14H2. The number of alkyl halides is 6. The molecular weight excluding hydrogens is 450 g/mol. The summed E-state index contributed by atoms with van der Waals surface area (Å²) in [7, 11) is 0. The van der Waals surface area contributed by atoms with Crippen LogP contribution < -0.4 is 9.47 Å². The van der Waals surface area contributed by atoms with Gasteiger partial charge < -0.3 is 14.6 Å². The molecule has 9 heteroatoms. The molecule has 2 unspecified atom stereocenters. The Morgan fingerprint density at radius 1 is 0.758 bits per heavy atom. The lowest BCUT2D eigenvalue weighted by molar-refractivity contribution is -0.274. The zero-order valence-electron chi connectivity index (χ0n) is 17.1. The van der Waals surface area contributed by atoms with Crippen LogP contribution in [-0.2, 0) is 12.0 Å². The van der Waals surface area contributed by atoms with Gasteiger partial charge in [0.05, 0.1) is 0 Å². The highest BCUT2D eigenvalue weighted by atomic mass is 19.4. The van der Waals surface area contributed by atoms with E-state index in [1.807, 2.05) is 6.07 Å². The van der Waals surface area contributed by atoms with Crippen LogP contribution in [0.15, 0.2) is 78.9 Å². The molecule has 33 heavy (non-hydrogen) atoms. The number of halogens is 6. The van der Waals surface area contributed by atoms with E-state index in [2.05, 4.69) is 4.74 Å². The first-order chi connectivity index (χ1) is 15.6. The molecule has 0 aromatic heterocycles. The fourth-order valence-electron chi connectivity index (χ4n) is 3.27. The van der Waals surface area contributed by atoms with Crippen LogP contribution in [0, 0.1) is 0 Å². The van der Waals surface area contributed by atoms with Crippen molar-refractivity contribution >= 4 is 0 Å². The van der Waals surface area contributed by atoms with Crippen molar-refractivity contribution in [3.63, 3.8) is 0 Å². The summed E-state index contributed by atoms with van der Waals surface area (Å²) < 4.78 is 88.5. The summed E-state index contributed by atoms with van der Waals surface area (Å²) in [5.74, 6) is 0.384. The molecule has 0 radical (unpaired) electrons. The second-order valence-electron chi connectivity index (χ2n) is 7.27. The summed E-state index contributed by atoms with van der Waals surface area (Å²) >= 11 is 0. The predicted octanol–water partition coefficient (Wildman–Crippen LogP) is 6.80. The maximum absolute atomic E-state index is 14.9. The summed E-state index contributed by atoms with van der Waals surface area (Å²) in [4.78, 5) is 0. The Labute approximate surface area is 186 Å². The van der Waals surface area contributed by atoms with Crippen LogP contribution in [0.25, 0.3) is 0 Å². The van der Waals surface area contributed by atoms with Crippen molar-refractivity contribution in [2.75, 3.05) is 0 Å². The van der Waals surface area contributed by atoms with Crippen LogP contribution in [0.4, 0.5) is 26.3 Å². The lowest BCUT2D eigenvalue weighted by Gasteiger charge is -2.31. The van der Waals surface area contributed by atoms with Gasteiger partial charge in [0.2, 0.25) is 0 Å². The summed E-state index contributed by atoms with van der Waals surface area (Å²) in [6.07, 6.45) is -11.3. The van der Waals surface area contributed by atoms with E-state index in [0.717, 1.165) is 24.3 Å². The molecule has 0 amide bonds. The Morgan fingerprint density at radius 2 is 1.39 bits per heavy atom. The number of hydrogen-bond acceptors (Lipinski definition) is 3. The van der Waals surface area contributed by atoms with E-state index in [1.165, 1.54) is 0 Å². The van der Waals surface area contributed by atoms with Gasteiger partial charge in [-0.05, 0) is 60.4 Å². The molecule has 0 aliphatic heterocycles. The Morgan fingerprint density at radius 3 is 2.00 bits per heavy atom. The minimum Gasteiger partial charge on any atom is -0.457 e. The smallest absolute Gasteiger partial charge is 0.457 e. The van der Waals surface area contributed by atoms with Crippen LogP contribution in [0.2, 0.25) is 0 Å². The molecule has 3 aromatic rings. The number of ether oxygens (including phenoxy) is 2. The number of hydrogen-bond donors (Lipinski definition) is 1. The molecule has 0 heterocycles. The summed E-state index contributed by atoms with van der Waals surface area (Å²) in [5, 5.41) is 10.5. The molecule has 1 N–H and O–H groups in total. The van der Waals surface area contributed by atoms with Crippen LogP contribution in [-0.4, -0.2) is 24.1 Å². The highest BCUT2D eigenvalue weighted by Gasteiger charge is 2.47. The third kappa shape index (κ3) is 6.41. The van der Waals surface area contributed by atoms with Crippen molar-refractivity contribution < 1.29 is 40.9 Å². The van der Waals surface area contributed by atoms with Crippen LogP contribution in [0.1, 0.15) is 17.5 Å². The SMILES string of the molecule is OC(c1ccc(OC(F)(F)F)cc1)(C(F)F)C(F)CCc1cccc(Oc2ccccc2)c1. The number of aliphatic hydroxyl groups is 1. The van der Waals surface area contributed by atoms with Crippen molar-refractivity contribution in [2.24, 2.45) is 0 Å². The molecule has 176 valence electrons. The lowest BCUT2D eigenvalue weighted by Crippen LogP contribution is -2.44. The third-order valence-corrected chi connectivity index (χ3v) is 4.92. The van der Waals surface area contributed by atoms with Gasteiger partial charge in [-0.2, -0.15) is 0 Å². The molecule has 2 atom stereocenters. The van der Waals surface area contributed by atoms with Gasteiger partial charge in [0.25, 0.3) is 6.43 Å². The van der Waals surface area contributed by atoms with E-state index in [4.69, 9.17) is 4.74 Å². The van der Waals surface area contributed by atoms with Crippen LogP contribution in [0.3, 0.4) is 0 Å². The van der Waals surface area contributed by atoms with Gasteiger partial charge in [0.15, 0.2) is 5.60 Å². The summed E-state index contributed by atoms with van der Waals surface area (Å²) in [6.45, 7) is 0. The second kappa shape index (κ2) is 10.2. The molecule has 0 bridgehead atoms. The molecule has 3 nitrogen and oxygen atoms in total. The van der Waals surface area contributed by atoms with E-state index >= 15 is 0 Å². The minimum absolute atomic E-state index is 0.0114. The van der Waals surface area contributed by atoms with Gasteiger partial charge in [-0.1, -0.05) is 42.5 Å². The summed E-state index contributed by atoms with van der Waals surface area (Å²) in [6, 6.07) is 18.6. The van der Waals surface area contributed by atoms with Gasteiger partial charge in [0.1, 0.15) is 23.4 Å². The van der Waals surface area contributed by atoms with Gasteiger partial charge in [0, 0.05) is 0 Å². The van der Waals surface area contributed by atoms with Crippen molar-refractivity contribution in [1.29, 1.82) is 0 Å². The normalized spacial score (nSPS) is 14.5. The van der Waals surface area contributed by atoms with E-state index in [0.29, 0.717) is 17.1 Å². The van der Waals surface area contributed by atoms with Gasteiger partial charge in [-0.25, -0.2) is 13.2 Å². The lowest BCUT2D eigenvalue weighted by atomic mass is 9.86. The monoisotopic (exact) mass is 470 g/mol. The average molecular weight is 470 g/mol. The first kappa shape index (κ1) is 24.4. The highest BCUT2D eigenvalue weighted by Crippen LogP contribution is 2.37. The Balaban J connectivity index is 1.70. The quantitative estimate of drug-likeness (QED) is 0.350. The van der Waals surface area contributed by atoms with Crippen molar-refractivity contribution in [1.82, 2.24) is 0 Å². The number of aryl methyl sites for hydroxylation is 1. The fraction of sp³-hybridized carbons (Fsp3) is 0.250. The Kier molecular flexibility index (Phi) is 7.53. The molecule has 0 fully saturated rings.